The Labute approximate surface area is 110 Å². The first-order valence-corrected chi connectivity index (χ1v) is 6.67. The molecule has 0 bridgehead atoms. The predicted molar refractivity (Wildman–Crippen MR) is 77.2 cm³/mol. The highest BCUT2D eigenvalue weighted by molar-refractivity contribution is 5.42. The van der Waals surface area contributed by atoms with Crippen molar-refractivity contribution >= 4 is 11.8 Å². The topological polar surface area (TPSA) is 53.1 Å². The van der Waals surface area contributed by atoms with Gasteiger partial charge < -0.3 is 15.5 Å². The molecule has 1 rings (SSSR count). The van der Waals surface area contributed by atoms with Crippen molar-refractivity contribution in [2.45, 2.75) is 27.2 Å². The van der Waals surface area contributed by atoms with Crippen LogP contribution in [0, 0.1) is 6.92 Å². The van der Waals surface area contributed by atoms with E-state index in [4.69, 9.17) is 0 Å². The van der Waals surface area contributed by atoms with Crippen LogP contribution in [0.15, 0.2) is 6.07 Å². The first-order valence-electron chi connectivity index (χ1n) is 6.67. The van der Waals surface area contributed by atoms with Gasteiger partial charge in [0.05, 0.1) is 0 Å². The second-order valence-corrected chi connectivity index (χ2v) is 4.47. The number of anilines is 2. The summed E-state index contributed by atoms with van der Waals surface area (Å²) in [5, 5.41) is 6.55. The molecule has 18 heavy (non-hydrogen) atoms. The molecule has 5 heteroatoms. The van der Waals surface area contributed by atoms with Crippen molar-refractivity contribution in [1.29, 1.82) is 0 Å². The van der Waals surface area contributed by atoms with Gasteiger partial charge in [-0.3, -0.25) is 0 Å². The zero-order valence-corrected chi connectivity index (χ0v) is 12.0. The van der Waals surface area contributed by atoms with Crippen LogP contribution in [0.25, 0.3) is 0 Å². The molecule has 0 aliphatic heterocycles. The smallest absolute Gasteiger partial charge is 0.224 e. The third-order valence-electron chi connectivity index (χ3n) is 2.73. The van der Waals surface area contributed by atoms with Gasteiger partial charge in [0.25, 0.3) is 0 Å². The third-order valence-corrected chi connectivity index (χ3v) is 2.73. The minimum absolute atomic E-state index is 0.711. The monoisotopic (exact) mass is 251 g/mol. The van der Waals surface area contributed by atoms with E-state index < -0.39 is 0 Å². The summed E-state index contributed by atoms with van der Waals surface area (Å²) < 4.78 is 0. The molecule has 0 radical (unpaired) electrons. The Morgan fingerprint density at radius 2 is 1.94 bits per heavy atom. The molecular formula is C13H25N5. The van der Waals surface area contributed by atoms with Crippen LogP contribution in [-0.4, -0.2) is 48.1 Å². The molecule has 2 N–H and O–H groups in total. The number of aryl methyl sites for hydroxylation is 1. The highest BCUT2D eigenvalue weighted by atomic mass is 15.2. The zero-order valence-electron chi connectivity index (χ0n) is 12.0. The molecule has 0 atom stereocenters. The second-order valence-electron chi connectivity index (χ2n) is 4.47. The van der Waals surface area contributed by atoms with Gasteiger partial charge in [-0.1, -0.05) is 13.8 Å². The molecule has 0 aromatic carbocycles. The summed E-state index contributed by atoms with van der Waals surface area (Å²) in [7, 11) is 2.11. The fourth-order valence-corrected chi connectivity index (χ4v) is 1.51. The normalized spacial score (nSPS) is 10.7. The van der Waals surface area contributed by atoms with Gasteiger partial charge in [0.2, 0.25) is 5.95 Å². The maximum absolute atomic E-state index is 4.44. The fraction of sp³-hybridized carbons (Fsp3) is 0.692. The van der Waals surface area contributed by atoms with E-state index in [1.165, 1.54) is 0 Å². The van der Waals surface area contributed by atoms with Gasteiger partial charge in [-0.25, -0.2) is 4.98 Å². The van der Waals surface area contributed by atoms with Crippen LogP contribution < -0.4 is 10.6 Å². The van der Waals surface area contributed by atoms with Crippen molar-refractivity contribution in [3.05, 3.63) is 11.8 Å². The van der Waals surface area contributed by atoms with Gasteiger partial charge in [0, 0.05) is 31.4 Å². The molecular weight excluding hydrogens is 226 g/mol. The number of likely N-dealkylation sites (N-methyl/N-ethyl adjacent to an activating group) is 1. The lowest BCUT2D eigenvalue weighted by Crippen LogP contribution is -2.25. The van der Waals surface area contributed by atoms with Crippen LogP contribution >= 0.6 is 0 Å². The molecule has 0 saturated heterocycles. The van der Waals surface area contributed by atoms with E-state index in [0.29, 0.717) is 5.95 Å². The Morgan fingerprint density at radius 1 is 1.17 bits per heavy atom. The van der Waals surface area contributed by atoms with Crippen LogP contribution in [0.5, 0.6) is 0 Å². The van der Waals surface area contributed by atoms with E-state index in [1.54, 1.807) is 0 Å². The van der Waals surface area contributed by atoms with E-state index in [0.717, 1.165) is 44.1 Å². The molecule has 1 aromatic rings. The van der Waals surface area contributed by atoms with Crippen molar-refractivity contribution in [1.82, 2.24) is 14.9 Å². The van der Waals surface area contributed by atoms with Crippen molar-refractivity contribution in [2.24, 2.45) is 0 Å². The van der Waals surface area contributed by atoms with Gasteiger partial charge in [-0.05, 0) is 26.9 Å². The molecule has 0 spiro atoms. The average Bonchev–Trinajstić information content (AvgIpc) is 2.35. The number of aromatic nitrogens is 2. The summed E-state index contributed by atoms with van der Waals surface area (Å²) in [5.74, 6) is 1.61. The largest absolute Gasteiger partial charge is 0.369 e. The van der Waals surface area contributed by atoms with Gasteiger partial charge in [-0.15, -0.1) is 0 Å². The van der Waals surface area contributed by atoms with Crippen LogP contribution in [0.1, 0.15) is 26.0 Å². The lowest BCUT2D eigenvalue weighted by molar-refractivity contribution is 0.367. The summed E-state index contributed by atoms with van der Waals surface area (Å²) in [6.07, 6.45) is 1.07. The maximum atomic E-state index is 4.44. The van der Waals surface area contributed by atoms with E-state index in [-0.39, 0.29) is 0 Å². The first kappa shape index (κ1) is 14.7. The second kappa shape index (κ2) is 7.87. The Morgan fingerprint density at radius 3 is 2.61 bits per heavy atom. The number of hydrogen-bond acceptors (Lipinski definition) is 5. The maximum Gasteiger partial charge on any atom is 0.224 e. The molecule has 0 saturated carbocycles. The highest BCUT2D eigenvalue weighted by Gasteiger charge is 2.01. The lowest BCUT2D eigenvalue weighted by Gasteiger charge is -2.15. The Balaban J connectivity index is 2.51. The Hall–Kier alpha value is -1.36. The van der Waals surface area contributed by atoms with Crippen LogP contribution in [0.3, 0.4) is 0 Å². The van der Waals surface area contributed by atoms with Gasteiger partial charge in [0.1, 0.15) is 5.82 Å². The number of nitrogens with one attached hydrogen (secondary N) is 2. The van der Waals surface area contributed by atoms with Crippen molar-refractivity contribution < 1.29 is 0 Å². The minimum Gasteiger partial charge on any atom is -0.369 e. The summed E-state index contributed by atoms with van der Waals surface area (Å²) in [4.78, 5) is 11.1. The number of nitrogens with zero attached hydrogens (tertiary/aromatic N) is 3. The Kier molecular flexibility index (Phi) is 6.43. The van der Waals surface area contributed by atoms with Crippen LogP contribution in [-0.2, 0) is 0 Å². The molecule has 0 aliphatic carbocycles. The molecule has 1 heterocycles. The molecule has 0 aliphatic rings. The average molecular weight is 251 g/mol. The Bertz CT molecular complexity index is 353. The summed E-state index contributed by atoms with van der Waals surface area (Å²) >= 11 is 0. The van der Waals surface area contributed by atoms with Crippen molar-refractivity contribution in [2.75, 3.05) is 43.9 Å². The van der Waals surface area contributed by atoms with Crippen molar-refractivity contribution in [3.63, 3.8) is 0 Å². The fourth-order valence-electron chi connectivity index (χ4n) is 1.51. The highest BCUT2D eigenvalue weighted by Crippen LogP contribution is 2.09. The number of hydrogen-bond donors (Lipinski definition) is 2. The standard InChI is InChI=1S/C13H25N5/c1-5-7-15-13-16-11(3)10-12(17-13)14-8-9-18(4)6-2/h10H,5-9H2,1-4H3,(H2,14,15,16,17). The van der Waals surface area contributed by atoms with E-state index in [9.17, 15) is 0 Å². The van der Waals surface area contributed by atoms with Crippen LogP contribution in [0.4, 0.5) is 11.8 Å². The quantitative estimate of drug-likeness (QED) is 0.740. The summed E-state index contributed by atoms with van der Waals surface area (Å²) in [6, 6.07) is 1.98. The van der Waals surface area contributed by atoms with Gasteiger partial charge in [-0.2, -0.15) is 4.98 Å². The van der Waals surface area contributed by atoms with Gasteiger partial charge in [0.15, 0.2) is 0 Å². The summed E-state index contributed by atoms with van der Waals surface area (Å²) in [5.41, 5.74) is 0.981. The van der Waals surface area contributed by atoms with E-state index >= 15 is 0 Å². The molecule has 1 aromatic heterocycles. The molecule has 5 nitrogen and oxygen atoms in total. The van der Waals surface area contributed by atoms with Crippen molar-refractivity contribution in [3.8, 4) is 0 Å². The lowest BCUT2D eigenvalue weighted by atomic mass is 10.4. The zero-order chi connectivity index (χ0) is 13.4. The molecule has 102 valence electrons. The van der Waals surface area contributed by atoms with Gasteiger partial charge >= 0.3 is 0 Å². The van der Waals surface area contributed by atoms with E-state index in [2.05, 4.69) is 46.4 Å². The van der Waals surface area contributed by atoms with Crippen LogP contribution in [0.2, 0.25) is 0 Å². The summed E-state index contributed by atoms with van der Waals surface area (Å²) in [6.45, 7) is 10.1. The number of rotatable bonds is 8. The first-order chi connectivity index (χ1) is 8.65. The molecule has 0 fully saturated rings. The van der Waals surface area contributed by atoms with E-state index in [1.807, 2.05) is 13.0 Å². The third kappa shape index (κ3) is 5.31. The SMILES string of the molecule is CCCNc1nc(C)cc(NCCN(C)CC)n1. The minimum atomic E-state index is 0.711. The molecule has 0 unspecified atom stereocenters. The molecule has 0 amide bonds. The predicted octanol–water partition coefficient (Wildman–Crippen LogP) is 1.97.